The maximum Gasteiger partial charge on any atom is 0.357 e. The van der Waals surface area contributed by atoms with Gasteiger partial charge in [-0.05, 0) is 23.8 Å². The lowest BCUT2D eigenvalue weighted by Crippen LogP contribution is -2.33. The van der Waals surface area contributed by atoms with E-state index < -0.39 is 29.5 Å². The Hall–Kier alpha value is -4.09. The van der Waals surface area contributed by atoms with Crippen LogP contribution in [0.4, 0.5) is 5.13 Å². The molecule has 36 heavy (non-hydrogen) atoms. The van der Waals surface area contributed by atoms with Gasteiger partial charge in [-0.15, -0.1) is 11.3 Å². The molecule has 12 heteroatoms. The average Bonchev–Trinajstić information content (AvgIpc) is 3.46. The molecule has 0 unspecified atom stereocenters. The number of benzene rings is 2. The fraction of sp³-hybridized carbons (Fsp3) is 0.167. The molecule has 0 saturated heterocycles. The number of aromatic nitrogens is 3. The first-order chi connectivity index (χ1) is 17.3. The quantitative estimate of drug-likeness (QED) is 0.295. The van der Waals surface area contributed by atoms with Crippen LogP contribution in [-0.4, -0.2) is 45.7 Å². The van der Waals surface area contributed by atoms with E-state index >= 15 is 0 Å². The monoisotopic (exact) mass is 528 g/mol. The number of nitrogens with zero attached hydrogens (tertiary/aromatic N) is 2. The molecule has 0 radical (unpaired) electrons. The molecule has 186 valence electrons. The summed E-state index contributed by atoms with van der Waals surface area (Å²) in [6.45, 7) is 0. The van der Waals surface area contributed by atoms with Gasteiger partial charge in [0, 0.05) is 17.4 Å². The van der Waals surface area contributed by atoms with Crippen molar-refractivity contribution < 1.29 is 24.2 Å². The lowest BCUT2D eigenvalue weighted by Gasteiger charge is -2.18. The Bertz CT molecular complexity index is 1460. The highest BCUT2D eigenvalue weighted by molar-refractivity contribution is 7.14. The van der Waals surface area contributed by atoms with E-state index in [2.05, 4.69) is 20.0 Å². The third kappa shape index (κ3) is 5.11. The molecule has 2 heterocycles. The normalized spacial score (nSPS) is 11.6. The van der Waals surface area contributed by atoms with Crippen LogP contribution in [0.1, 0.15) is 22.1 Å². The molecule has 0 bridgehead atoms. The summed E-state index contributed by atoms with van der Waals surface area (Å²) in [5.41, 5.74) is 0.625. The highest BCUT2D eigenvalue weighted by Gasteiger charge is 2.29. The second-order valence-electron chi connectivity index (χ2n) is 7.57. The van der Waals surface area contributed by atoms with Crippen molar-refractivity contribution in [2.45, 2.75) is 12.5 Å². The molecule has 1 amide bonds. The number of hydrogen-bond donors (Lipinski definition) is 3. The maximum atomic E-state index is 13.4. The molecule has 4 aromatic rings. The lowest BCUT2D eigenvalue weighted by molar-refractivity contribution is -0.119. The highest BCUT2D eigenvalue weighted by Crippen LogP contribution is 2.34. The van der Waals surface area contributed by atoms with Crippen LogP contribution < -0.4 is 15.7 Å². The fourth-order valence-corrected chi connectivity index (χ4v) is 4.55. The summed E-state index contributed by atoms with van der Waals surface area (Å²) >= 11 is 7.24. The summed E-state index contributed by atoms with van der Waals surface area (Å²) in [7, 11) is 2.70. The van der Waals surface area contributed by atoms with Gasteiger partial charge in [0.2, 0.25) is 11.8 Å². The Labute approximate surface area is 214 Å². The van der Waals surface area contributed by atoms with Gasteiger partial charge in [0.25, 0.3) is 0 Å². The van der Waals surface area contributed by atoms with Crippen molar-refractivity contribution in [3.63, 3.8) is 0 Å². The van der Waals surface area contributed by atoms with Crippen LogP contribution >= 0.6 is 22.9 Å². The number of anilines is 1. The smallest absolute Gasteiger partial charge is 0.357 e. The molecule has 1 atom stereocenters. The standard InChI is InChI=1S/C24H21ClN4O6S/c1-34-18-9-8-14(11-15(18)25)19-21(31)29(24(33)27-19)17(10-13-6-4-3-5-7-13)20(30)28-23-26-16(12-36-23)22(32)35-2/h3-9,11-12,17,31H,10H2,1-2H3,(H,27,33)(H,26,28,30)/t17-/m0/s1. The van der Waals surface area contributed by atoms with E-state index in [-0.39, 0.29) is 28.0 Å². The van der Waals surface area contributed by atoms with E-state index in [1.54, 1.807) is 36.4 Å². The van der Waals surface area contributed by atoms with Gasteiger partial charge in [-0.2, -0.15) is 0 Å². The number of halogens is 1. The molecule has 10 nitrogen and oxygen atoms in total. The third-order valence-electron chi connectivity index (χ3n) is 5.36. The van der Waals surface area contributed by atoms with Crippen LogP contribution in [0.3, 0.4) is 0 Å². The zero-order valence-corrected chi connectivity index (χ0v) is 20.7. The number of thiazole rings is 1. The number of amides is 1. The Balaban J connectivity index is 1.72. The summed E-state index contributed by atoms with van der Waals surface area (Å²) in [6.07, 6.45) is 0.0933. The summed E-state index contributed by atoms with van der Waals surface area (Å²) in [4.78, 5) is 44.7. The highest BCUT2D eigenvalue weighted by atomic mass is 35.5. The number of rotatable bonds is 8. The van der Waals surface area contributed by atoms with E-state index in [1.807, 2.05) is 6.07 Å². The second kappa shape index (κ2) is 10.7. The average molecular weight is 529 g/mol. The number of hydrogen-bond acceptors (Lipinski definition) is 8. The number of carbonyl (C=O) groups is 2. The first-order valence-electron chi connectivity index (χ1n) is 10.6. The minimum atomic E-state index is -1.15. The van der Waals surface area contributed by atoms with Crippen LogP contribution in [0.25, 0.3) is 11.3 Å². The number of ether oxygens (including phenoxy) is 2. The first kappa shape index (κ1) is 25.0. The third-order valence-corrected chi connectivity index (χ3v) is 6.41. The Morgan fingerprint density at radius 2 is 1.97 bits per heavy atom. The van der Waals surface area contributed by atoms with Gasteiger partial charge in [0.05, 0.1) is 19.2 Å². The largest absolute Gasteiger partial charge is 0.495 e. The zero-order valence-electron chi connectivity index (χ0n) is 19.1. The zero-order chi connectivity index (χ0) is 25.8. The molecule has 4 rings (SSSR count). The topological polar surface area (TPSA) is 136 Å². The number of imidazole rings is 1. The van der Waals surface area contributed by atoms with Crippen LogP contribution in [0.2, 0.25) is 5.02 Å². The number of methoxy groups -OCH3 is 2. The van der Waals surface area contributed by atoms with Crippen molar-refractivity contribution in [2.24, 2.45) is 0 Å². The molecule has 3 N–H and O–H groups in total. The fourth-order valence-electron chi connectivity index (χ4n) is 3.61. The summed E-state index contributed by atoms with van der Waals surface area (Å²) in [5, 5.41) is 15.6. The Morgan fingerprint density at radius 1 is 1.22 bits per heavy atom. The minimum absolute atomic E-state index is 0.0396. The van der Waals surface area contributed by atoms with E-state index in [4.69, 9.17) is 16.3 Å². The number of nitrogens with one attached hydrogen (secondary N) is 2. The van der Waals surface area contributed by atoms with Crippen LogP contribution in [-0.2, 0) is 16.0 Å². The number of aromatic amines is 1. The molecular formula is C24H21ClN4O6S. The first-order valence-corrected chi connectivity index (χ1v) is 11.8. The summed E-state index contributed by atoms with van der Waals surface area (Å²) < 4.78 is 10.8. The molecule has 0 aliphatic carbocycles. The molecule has 0 saturated carbocycles. The number of H-pyrrole nitrogens is 1. The molecule has 0 aliphatic rings. The van der Waals surface area contributed by atoms with E-state index in [0.29, 0.717) is 11.3 Å². The predicted molar refractivity (Wildman–Crippen MR) is 135 cm³/mol. The van der Waals surface area contributed by atoms with Gasteiger partial charge in [0.15, 0.2) is 10.8 Å². The van der Waals surface area contributed by atoms with Crippen molar-refractivity contribution in [1.29, 1.82) is 0 Å². The van der Waals surface area contributed by atoms with E-state index in [1.165, 1.54) is 25.7 Å². The predicted octanol–water partition coefficient (Wildman–Crippen LogP) is 3.88. The summed E-state index contributed by atoms with van der Waals surface area (Å²) in [5.74, 6) is -1.26. The van der Waals surface area contributed by atoms with Crippen molar-refractivity contribution in [3.05, 3.63) is 80.7 Å². The molecule has 2 aromatic heterocycles. The maximum absolute atomic E-state index is 13.4. The van der Waals surface area contributed by atoms with Gasteiger partial charge < -0.3 is 24.9 Å². The molecule has 0 aliphatic heterocycles. The van der Waals surface area contributed by atoms with E-state index in [0.717, 1.165) is 21.5 Å². The minimum Gasteiger partial charge on any atom is -0.495 e. The molecule has 2 aromatic carbocycles. The van der Waals surface area contributed by atoms with Crippen molar-refractivity contribution >= 4 is 39.9 Å². The SMILES string of the molecule is COC(=O)c1csc(NC(=O)[C@H](Cc2ccccc2)n2c(O)c(-c3ccc(OC)c(Cl)c3)[nH]c2=O)n1. The van der Waals surface area contributed by atoms with E-state index in [9.17, 15) is 19.5 Å². The van der Waals surface area contributed by atoms with Gasteiger partial charge in [-0.25, -0.2) is 19.1 Å². The lowest BCUT2D eigenvalue weighted by atomic mass is 10.0. The van der Waals surface area contributed by atoms with Gasteiger partial charge in [-0.3, -0.25) is 4.79 Å². The number of esters is 1. The summed E-state index contributed by atoms with van der Waals surface area (Å²) in [6, 6.07) is 12.6. The Kier molecular flexibility index (Phi) is 7.41. The van der Waals surface area contributed by atoms with Crippen LogP contribution in [0.5, 0.6) is 11.6 Å². The van der Waals surface area contributed by atoms with Crippen molar-refractivity contribution in [3.8, 4) is 22.9 Å². The molecular weight excluding hydrogens is 508 g/mol. The van der Waals surface area contributed by atoms with Crippen molar-refractivity contribution in [1.82, 2.24) is 14.5 Å². The van der Waals surface area contributed by atoms with Gasteiger partial charge >= 0.3 is 11.7 Å². The van der Waals surface area contributed by atoms with Crippen molar-refractivity contribution in [2.75, 3.05) is 19.5 Å². The van der Waals surface area contributed by atoms with Gasteiger partial charge in [0.1, 0.15) is 17.5 Å². The molecule has 0 spiro atoms. The number of carbonyl (C=O) groups excluding carboxylic acids is 2. The molecule has 0 fully saturated rings. The van der Waals surface area contributed by atoms with Crippen LogP contribution in [0.15, 0.2) is 58.7 Å². The number of aromatic hydroxyl groups is 1. The Morgan fingerprint density at radius 3 is 2.64 bits per heavy atom. The van der Waals surface area contributed by atoms with Gasteiger partial charge in [-0.1, -0.05) is 41.9 Å². The van der Waals surface area contributed by atoms with Crippen LogP contribution in [0, 0.1) is 0 Å². The second-order valence-corrected chi connectivity index (χ2v) is 8.84.